The van der Waals surface area contributed by atoms with E-state index in [-0.39, 0.29) is 5.41 Å². The first-order valence-corrected chi connectivity index (χ1v) is 6.93. The van der Waals surface area contributed by atoms with Crippen LogP contribution in [0.1, 0.15) is 39.2 Å². The van der Waals surface area contributed by atoms with Crippen LogP contribution in [0.4, 0.5) is 0 Å². The Bertz CT molecular complexity index is 320. The highest BCUT2D eigenvalue weighted by Gasteiger charge is 2.37. The lowest BCUT2D eigenvalue weighted by molar-refractivity contribution is -0.133. The van der Waals surface area contributed by atoms with Crippen molar-refractivity contribution in [3.63, 3.8) is 0 Å². The molecule has 102 valence electrons. The summed E-state index contributed by atoms with van der Waals surface area (Å²) in [7, 11) is 0. The van der Waals surface area contributed by atoms with Crippen molar-refractivity contribution in [2.45, 2.75) is 40.5 Å². The van der Waals surface area contributed by atoms with Crippen LogP contribution >= 0.6 is 0 Å². The van der Waals surface area contributed by atoms with Gasteiger partial charge >= 0.3 is 0 Å². The predicted molar refractivity (Wildman–Crippen MR) is 76.2 cm³/mol. The van der Waals surface area contributed by atoms with Crippen LogP contribution in [-0.2, 0) is 4.74 Å². The molecule has 1 aliphatic heterocycles. The fourth-order valence-corrected chi connectivity index (χ4v) is 1.65. The lowest BCUT2D eigenvalue weighted by atomic mass is 9.84. The molecule has 0 N–H and O–H groups in total. The van der Waals surface area contributed by atoms with E-state index in [0.717, 1.165) is 32.0 Å². The van der Waals surface area contributed by atoms with E-state index in [9.17, 15) is 0 Å². The average molecular weight is 250 g/mol. The molecule has 1 aromatic carbocycles. The molecule has 0 aromatic heterocycles. The van der Waals surface area contributed by atoms with Crippen molar-refractivity contribution in [3.8, 4) is 5.75 Å². The molecule has 2 nitrogen and oxygen atoms in total. The van der Waals surface area contributed by atoms with Gasteiger partial charge in [0, 0.05) is 0 Å². The SMILES string of the molecule is CCC.CCC1(COc2ccc(C)cc2)COC1. The maximum atomic E-state index is 5.78. The summed E-state index contributed by atoms with van der Waals surface area (Å²) in [6.45, 7) is 11.0. The monoisotopic (exact) mass is 250 g/mol. The number of benzene rings is 1. The Morgan fingerprint density at radius 3 is 2.06 bits per heavy atom. The molecular formula is C16H26O2. The Hall–Kier alpha value is -1.02. The zero-order valence-electron chi connectivity index (χ0n) is 12.2. The van der Waals surface area contributed by atoms with Crippen LogP contribution in [0.15, 0.2) is 24.3 Å². The standard InChI is InChI=1S/C13H18O2.C3H8/c1-3-13(8-14-9-13)10-15-12-6-4-11(2)5-7-12;1-3-2/h4-7H,3,8-10H2,1-2H3;3H2,1-2H3. The minimum absolute atomic E-state index is 0.269. The molecule has 0 spiro atoms. The minimum atomic E-state index is 0.269. The zero-order valence-corrected chi connectivity index (χ0v) is 12.2. The topological polar surface area (TPSA) is 18.5 Å². The van der Waals surface area contributed by atoms with E-state index >= 15 is 0 Å². The van der Waals surface area contributed by atoms with E-state index in [4.69, 9.17) is 9.47 Å². The van der Waals surface area contributed by atoms with Gasteiger partial charge in [0.15, 0.2) is 0 Å². The average Bonchev–Trinajstić information content (AvgIpc) is 2.32. The summed E-state index contributed by atoms with van der Waals surface area (Å²) in [6, 6.07) is 8.20. The first-order chi connectivity index (χ1) is 8.65. The molecular weight excluding hydrogens is 224 g/mol. The van der Waals surface area contributed by atoms with Crippen molar-refractivity contribution in [2.75, 3.05) is 19.8 Å². The molecule has 0 amide bonds. The highest BCUT2D eigenvalue weighted by atomic mass is 16.5. The molecule has 0 aliphatic carbocycles. The number of rotatable bonds is 4. The highest BCUT2D eigenvalue weighted by molar-refractivity contribution is 5.26. The molecule has 0 bridgehead atoms. The van der Waals surface area contributed by atoms with E-state index in [1.54, 1.807) is 0 Å². The third-order valence-electron chi connectivity index (χ3n) is 3.13. The quantitative estimate of drug-likeness (QED) is 0.796. The second-order valence-corrected chi connectivity index (χ2v) is 5.16. The van der Waals surface area contributed by atoms with Crippen molar-refractivity contribution in [1.82, 2.24) is 0 Å². The smallest absolute Gasteiger partial charge is 0.119 e. The second kappa shape index (κ2) is 7.42. The molecule has 2 rings (SSSR count). The first-order valence-electron chi connectivity index (χ1n) is 6.93. The molecule has 1 heterocycles. The fourth-order valence-electron chi connectivity index (χ4n) is 1.65. The molecule has 1 aromatic rings. The summed E-state index contributed by atoms with van der Waals surface area (Å²) in [6.07, 6.45) is 2.37. The summed E-state index contributed by atoms with van der Waals surface area (Å²) in [5.41, 5.74) is 1.53. The van der Waals surface area contributed by atoms with E-state index < -0.39 is 0 Å². The van der Waals surface area contributed by atoms with Gasteiger partial charge in [-0.05, 0) is 25.5 Å². The van der Waals surface area contributed by atoms with Crippen LogP contribution in [0.2, 0.25) is 0 Å². The first kappa shape index (κ1) is 15.0. The Kier molecular flexibility index (Phi) is 6.20. The second-order valence-electron chi connectivity index (χ2n) is 5.16. The van der Waals surface area contributed by atoms with Crippen LogP contribution in [0, 0.1) is 12.3 Å². The maximum absolute atomic E-state index is 5.78. The van der Waals surface area contributed by atoms with Gasteiger partial charge in [-0.2, -0.15) is 0 Å². The summed E-state index contributed by atoms with van der Waals surface area (Å²) in [4.78, 5) is 0. The molecule has 0 radical (unpaired) electrons. The Balaban J connectivity index is 0.000000492. The molecule has 2 heteroatoms. The fraction of sp³-hybridized carbons (Fsp3) is 0.625. The van der Waals surface area contributed by atoms with Gasteiger partial charge in [-0.25, -0.2) is 0 Å². The minimum Gasteiger partial charge on any atom is -0.493 e. The van der Waals surface area contributed by atoms with Crippen LogP contribution in [0.25, 0.3) is 0 Å². The van der Waals surface area contributed by atoms with Crippen LogP contribution in [-0.4, -0.2) is 19.8 Å². The third kappa shape index (κ3) is 4.34. The predicted octanol–water partition coefficient (Wildman–Crippen LogP) is 4.22. The van der Waals surface area contributed by atoms with Gasteiger partial charge in [-0.3, -0.25) is 0 Å². The summed E-state index contributed by atoms with van der Waals surface area (Å²) < 4.78 is 11.0. The lowest BCUT2D eigenvalue weighted by Crippen LogP contribution is -2.46. The molecule has 1 aliphatic rings. The van der Waals surface area contributed by atoms with E-state index in [1.165, 1.54) is 12.0 Å². The van der Waals surface area contributed by atoms with E-state index in [1.807, 2.05) is 12.1 Å². The Morgan fingerprint density at radius 1 is 1.11 bits per heavy atom. The van der Waals surface area contributed by atoms with Crippen molar-refractivity contribution in [2.24, 2.45) is 5.41 Å². The highest BCUT2D eigenvalue weighted by Crippen LogP contribution is 2.31. The molecule has 0 atom stereocenters. The van der Waals surface area contributed by atoms with Gasteiger partial charge in [-0.15, -0.1) is 0 Å². The van der Waals surface area contributed by atoms with Crippen molar-refractivity contribution >= 4 is 0 Å². The number of ether oxygens (including phenoxy) is 2. The van der Waals surface area contributed by atoms with Crippen molar-refractivity contribution in [3.05, 3.63) is 29.8 Å². The van der Waals surface area contributed by atoms with Gasteiger partial charge < -0.3 is 9.47 Å². The molecule has 0 unspecified atom stereocenters. The lowest BCUT2D eigenvalue weighted by Gasteiger charge is -2.40. The van der Waals surface area contributed by atoms with Crippen molar-refractivity contribution in [1.29, 1.82) is 0 Å². The Morgan fingerprint density at radius 2 is 1.67 bits per heavy atom. The summed E-state index contributed by atoms with van der Waals surface area (Å²) in [5.74, 6) is 0.959. The van der Waals surface area contributed by atoms with Gasteiger partial charge in [0.05, 0.1) is 25.2 Å². The third-order valence-corrected chi connectivity index (χ3v) is 3.13. The van der Waals surface area contributed by atoms with Crippen LogP contribution < -0.4 is 4.74 Å². The normalized spacial score (nSPS) is 16.2. The molecule has 1 saturated heterocycles. The van der Waals surface area contributed by atoms with Gasteiger partial charge in [0.25, 0.3) is 0 Å². The largest absolute Gasteiger partial charge is 0.493 e. The molecule has 0 saturated carbocycles. The number of hydrogen-bond acceptors (Lipinski definition) is 2. The van der Waals surface area contributed by atoms with Crippen LogP contribution in [0.3, 0.4) is 0 Å². The molecule has 18 heavy (non-hydrogen) atoms. The summed E-state index contributed by atoms with van der Waals surface area (Å²) in [5, 5.41) is 0. The van der Waals surface area contributed by atoms with E-state index in [2.05, 4.69) is 39.8 Å². The Labute approximate surface area is 111 Å². The van der Waals surface area contributed by atoms with Crippen molar-refractivity contribution < 1.29 is 9.47 Å². The van der Waals surface area contributed by atoms with Gasteiger partial charge in [0.2, 0.25) is 0 Å². The molecule has 1 fully saturated rings. The number of hydrogen-bond donors (Lipinski definition) is 0. The van der Waals surface area contributed by atoms with E-state index in [0.29, 0.717) is 0 Å². The van der Waals surface area contributed by atoms with Gasteiger partial charge in [0.1, 0.15) is 5.75 Å². The zero-order chi connectivity index (χ0) is 13.4. The maximum Gasteiger partial charge on any atom is 0.119 e. The van der Waals surface area contributed by atoms with Crippen LogP contribution in [0.5, 0.6) is 5.75 Å². The number of aryl methyl sites for hydroxylation is 1. The van der Waals surface area contributed by atoms with Gasteiger partial charge in [-0.1, -0.05) is 44.9 Å². The summed E-state index contributed by atoms with van der Waals surface area (Å²) >= 11 is 0.